The van der Waals surface area contributed by atoms with Crippen LogP contribution in [0.1, 0.15) is 21.6 Å². The maximum Gasteiger partial charge on any atom is 0.213 e. The molecule has 0 aliphatic rings. The first-order chi connectivity index (χ1) is 9.54. The molecule has 106 valence electrons. The van der Waals surface area contributed by atoms with E-state index in [1.165, 1.54) is 0 Å². The maximum absolute atomic E-state index is 12.7. The Morgan fingerprint density at radius 1 is 1.35 bits per heavy atom. The lowest BCUT2D eigenvalue weighted by Crippen LogP contribution is -2.15. The molecule has 0 saturated heterocycles. The third-order valence-electron chi connectivity index (χ3n) is 2.89. The summed E-state index contributed by atoms with van der Waals surface area (Å²) in [6, 6.07) is 5.67. The van der Waals surface area contributed by atoms with Crippen molar-refractivity contribution in [1.82, 2.24) is 9.78 Å². The second kappa shape index (κ2) is 6.65. The third-order valence-corrected chi connectivity index (χ3v) is 4.12. The molecular weight excluding hydrogens is 388 g/mol. The highest BCUT2D eigenvalue weighted by Gasteiger charge is 2.20. The Morgan fingerprint density at radius 3 is 2.75 bits per heavy atom. The molecule has 0 N–H and O–H groups in total. The highest BCUT2D eigenvalue weighted by molar-refractivity contribution is 9.10. The molecule has 0 unspecified atom stereocenters. The van der Waals surface area contributed by atoms with Gasteiger partial charge < -0.3 is 4.74 Å². The number of ketones is 1. The summed E-state index contributed by atoms with van der Waals surface area (Å²) in [6.07, 6.45) is 1.63. The van der Waals surface area contributed by atoms with E-state index < -0.39 is 0 Å². The minimum absolute atomic E-state index is 0.0719. The molecule has 0 aliphatic heterocycles. The quantitative estimate of drug-likeness (QED) is 0.719. The van der Waals surface area contributed by atoms with Crippen molar-refractivity contribution in [3.63, 3.8) is 0 Å². The highest BCUT2D eigenvalue weighted by atomic mass is 79.9. The number of rotatable bonds is 5. The Labute approximate surface area is 134 Å². The number of benzene rings is 1. The molecule has 20 heavy (non-hydrogen) atoms. The molecule has 1 heterocycles. The molecule has 0 aliphatic carbocycles. The average Bonchev–Trinajstić information content (AvgIpc) is 2.77. The molecule has 4 nitrogen and oxygen atoms in total. The molecule has 0 radical (unpaired) electrons. The Hall–Kier alpha value is -0.980. The standard InChI is InChI=1S/C14H14Br2N2O2/c1-9-3-4-10(11(15)7-9)14(19)13-12(16)8-17-18(13)5-6-20-2/h3-4,7-8H,5-6H2,1-2H3. The van der Waals surface area contributed by atoms with E-state index in [0.717, 1.165) is 10.0 Å². The van der Waals surface area contributed by atoms with Crippen LogP contribution in [0.2, 0.25) is 0 Å². The summed E-state index contributed by atoms with van der Waals surface area (Å²) in [5.41, 5.74) is 2.25. The molecule has 1 aromatic carbocycles. The first kappa shape index (κ1) is 15.4. The molecule has 6 heteroatoms. The second-order valence-corrected chi connectivity index (χ2v) is 6.08. The van der Waals surface area contributed by atoms with Gasteiger partial charge in [-0.25, -0.2) is 0 Å². The van der Waals surface area contributed by atoms with Crippen molar-refractivity contribution in [3.05, 3.63) is 50.2 Å². The summed E-state index contributed by atoms with van der Waals surface area (Å²) < 4.78 is 8.17. The van der Waals surface area contributed by atoms with E-state index in [1.807, 2.05) is 25.1 Å². The van der Waals surface area contributed by atoms with Crippen LogP contribution in [-0.2, 0) is 11.3 Å². The van der Waals surface area contributed by atoms with Crippen LogP contribution in [0.15, 0.2) is 33.3 Å². The van der Waals surface area contributed by atoms with E-state index in [0.29, 0.717) is 28.9 Å². The van der Waals surface area contributed by atoms with Crippen molar-refractivity contribution >= 4 is 37.6 Å². The molecular formula is C14H14Br2N2O2. The zero-order valence-corrected chi connectivity index (χ0v) is 14.4. The Bertz CT molecular complexity index is 638. The lowest BCUT2D eigenvalue weighted by Gasteiger charge is -2.09. The Morgan fingerprint density at radius 2 is 2.10 bits per heavy atom. The fourth-order valence-electron chi connectivity index (χ4n) is 1.87. The maximum atomic E-state index is 12.7. The Kier molecular flexibility index (Phi) is 5.12. The van der Waals surface area contributed by atoms with Crippen LogP contribution < -0.4 is 0 Å². The zero-order chi connectivity index (χ0) is 14.7. The van der Waals surface area contributed by atoms with Gasteiger partial charge in [-0.2, -0.15) is 5.10 Å². The predicted octanol–water partition coefficient (Wildman–Crippen LogP) is 3.59. The van der Waals surface area contributed by atoms with E-state index in [1.54, 1.807) is 18.0 Å². The number of hydrogen-bond donors (Lipinski definition) is 0. The van der Waals surface area contributed by atoms with Crippen LogP contribution >= 0.6 is 31.9 Å². The van der Waals surface area contributed by atoms with Crippen molar-refractivity contribution in [2.24, 2.45) is 0 Å². The fraction of sp³-hybridized carbons (Fsp3) is 0.286. The van der Waals surface area contributed by atoms with Gasteiger partial charge in [0.15, 0.2) is 0 Å². The van der Waals surface area contributed by atoms with Gasteiger partial charge in [-0.05, 0) is 40.5 Å². The van der Waals surface area contributed by atoms with E-state index in [4.69, 9.17) is 4.74 Å². The van der Waals surface area contributed by atoms with Gasteiger partial charge in [0.05, 0.1) is 23.8 Å². The van der Waals surface area contributed by atoms with Crippen LogP contribution in [0.4, 0.5) is 0 Å². The van der Waals surface area contributed by atoms with Crippen LogP contribution in [0, 0.1) is 6.92 Å². The first-order valence-electron chi connectivity index (χ1n) is 6.05. The summed E-state index contributed by atoms with van der Waals surface area (Å²) >= 11 is 6.83. The Balaban J connectivity index is 2.40. The van der Waals surface area contributed by atoms with Gasteiger partial charge in [0.1, 0.15) is 5.69 Å². The van der Waals surface area contributed by atoms with E-state index in [2.05, 4.69) is 37.0 Å². The van der Waals surface area contributed by atoms with Crippen LogP contribution in [0.25, 0.3) is 0 Å². The molecule has 0 atom stereocenters. The number of hydrogen-bond acceptors (Lipinski definition) is 3. The van der Waals surface area contributed by atoms with Gasteiger partial charge in [-0.3, -0.25) is 9.48 Å². The average molecular weight is 402 g/mol. The minimum Gasteiger partial charge on any atom is -0.383 e. The number of aromatic nitrogens is 2. The van der Waals surface area contributed by atoms with Crippen molar-refractivity contribution < 1.29 is 9.53 Å². The highest BCUT2D eigenvalue weighted by Crippen LogP contribution is 2.25. The van der Waals surface area contributed by atoms with Gasteiger partial charge in [0, 0.05) is 17.1 Å². The normalized spacial score (nSPS) is 10.8. The number of carbonyl (C=O) groups excluding carboxylic acids is 1. The summed E-state index contributed by atoms with van der Waals surface area (Å²) in [4.78, 5) is 12.7. The van der Waals surface area contributed by atoms with Crippen LogP contribution in [0.3, 0.4) is 0 Å². The smallest absolute Gasteiger partial charge is 0.213 e. The van der Waals surface area contributed by atoms with Crippen molar-refractivity contribution in [3.8, 4) is 0 Å². The molecule has 2 rings (SSSR count). The van der Waals surface area contributed by atoms with Crippen LogP contribution in [0.5, 0.6) is 0 Å². The van der Waals surface area contributed by atoms with Crippen LogP contribution in [-0.4, -0.2) is 29.3 Å². The number of carbonyl (C=O) groups is 1. The number of nitrogens with zero attached hydrogens (tertiary/aromatic N) is 2. The topological polar surface area (TPSA) is 44.1 Å². The lowest BCUT2D eigenvalue weighted by atomic mass is 10.1. The van der Waals surface area contributed by atoms with Gasteiger partial charge in [-0.1, -0.05) is 22.0 Å². The molecule has 0 fully saturated rings. The summed E-state index contributed by atoms with van der Waals surface area (Å²) in [5.74, 6) is -0.0719. The molecule has 0 amide bonds. The molecule has 0 bridgehead atoms. The van der Waals surface area contributed by atoms with E-state index in [-0.39, 0.29) is 5.78 Å². The predicted molar refractivity (Wildman–Crippen MR) is 84.1 cm³/mol. The second-order valence-electron chi connectivity index (χ2n) is 4.37. The lowest BCUT2D eigenvalue weighted by molar-refractivity contribution is 0.102. The minimum atomic E-state index is -0.0719. The van der Waals surface area contributed by atoms with E-state index in [9.17, 15) is 4.79 Å². The van der Waals surface area contributed by atoms with Gasteiger partial charge in [0.25, 0.3) is 0 Å². The molecule has 2 aromatic rings. The van der Waals surface area contributed by atoms with Crippen molar-refractivity contribution in [2.75, 3.05) is 13.7 Å². The third kappa shape index (κ3) is 3.19. The number of aryl methyl sites for hydroxylation is 1. The molecule has 0 saturated carbocycles. The van der Waals surface area contributed by atoms with E-state index >= 15 is 0 Å². The zero-order valence-electron chi connectivity index (χ0n) is 11.2. The van der Waals surface area contributed by atoms with Gasteiger partial charge in [0.2, 0.25) is 5.78 Å². The number of methoxy groups -OCH3 is 1. The summed E-state index contributed by atoms with van der Waals surface area (Å²) in [5, 5.41) is 4.20. The largest absolute Gasteiger partial charge is 0.383 e. The van der Waals surface area contributed by atoms with Crippen molar-refractivity contribution in [1.29, 1.82) is 0 Å². The first-order valence-corrected chi connectivity index (χ1v) is 7.64. The SMILES string of the molecule is COCCn1ncc(Br)c1C(=O)c1ccc(C)cc1Br. The monoisotopic (exact) mass is 400 g/mol. The summed E-state index contributed by atoms with van der Waals surface area (Å²) in [6.45, 7) is 3.02. The fourth-order valence-corrected chi connectivity index (χ4v) is 3.02. The number of halogens is 2. The van der Waals surface area contributed by atoms with Crippen molar-refractivity contribution in [2.45, 2.75) is 13.5 Å². The van der Waals surface area contributed by atoms with Gasteiger partial charge >= 0.3 is 0 Å². The molecule has 1 aromatic heterocycles. The van der Waals surface area contributed by atoms with Gasteiger partial charge in [-0.15, -0.1) is 0 Å². The molecule has 0 spiro atoms. The number of ether oxygens (including phenoxy) is 1. The summed E-state index contributed by atoms with van der Waals surface area (Å²) in [7, 11) is 1.62.